The second-order valence-corrected chi connectivity index (χ2v) is 8.14. The van der Waals surface area contributed by atoms with Crippen molar-refractivity contribution < 1.29 is 14.3 Å². The Kier molecular flexibility index (Phi) is 5.12. The van der Waals surface area contributed by atoms with E-state index in [0.717, 1.165) is 55.6 Å². The first-order valence-electron chi connectivity index (χ1n) is 10.3. The fourth-order valence-corrected chi connectivity index (χ4v) is 4.54. The van der Waals surface area contributed by atoms with Crippen LogP contribution in [-0.4, -0.2) is 53.1 Å². The predicted octanol–water partition coefficient (Wildman–Crippen LogP) is 1.59. The van der Waals surface area contributed by atoms with Crippen LogP contribution in [0.25, 0.3) is 0 Å². The number of hydrogen-bond donors (Lipinski definition) is 2. The van der Waals surface area contributed by atoms with E-state index in [9.17, 15) is 14.4 Å². The van der Waals surface area contributed by atoms with Gasteiger partial charge in [0.2, 0.25) is 0 Å². The topological polar surface area (TPSA) is 104 Å². The van der Waals surface area contributed by atoms with Gasteiger partial charge in [0, 0.05) is 36.5 Å². The summed E-state index contributed by atoms with van der Waals surface area (Å²) in [5.41, 5.74) is 1.50. The van der Waals surface area contributed by atoms with Gasteiger partial charge in [0.15, 0.2) is 0 Å². The molecular formula is C20H28N4O4. The Labute approximate surface area is 164 Å². The van der Waals surface area contributed by atoms with E-state index in [0.29, 0.717) is 25.6 Å². The van der Waals surface area contributed by atoms with Gasteiger partial charge in [0.1, 0.15) is 5.82 Å². The molecule has 1 aromatic heterocycles. The van der Waals surface area contributed by atoms with Crippen LogP contribution in [0.1, 0.15) is 68.4 Å². The van der Waals surface area contributed by atoms with Crippen molar-refractivity contribution in [1.29, 1.82) is 0 Å². The Bertz CT molecular complexity index is 832. The van der Waals surface area contributed by atoms with E-state index in [1.54, 1.807) is 6.92 Å². The number of nitrogens with one attached hydrogen (secondary N) is 2. The number of aromatic nitrogens is 2. The maximum absolute atomic E-state index is 12.6. The highest BCUT2D eigenvalue weighted by Gasteiger charge is 2.46. The lowest BCUT2D eigenvalue weighted by molar-refractivity contribution is -0.142. The summed E-state index contributed by atoms with van der Waals surface area (Å²) >= 11 is 0. The van der Waals surface area contributed by atoms with Crippen molar-refractivity contribution in [2.24, 2.45) is 0 Å². The van der Waals surface area contributed by atoms with E-state index >= 15 is 0 Å². The minimum Gasteiger partial charge on any atom is -0.466 e. The first kappa shape index (κ1) is 19.0. The second-order valence-electron chi connectivity index (χ2n) is 8.14. The van der Waals surface area contributed by atoms with Gasteiger partial charge in [-0.1, -0.05) is 0 Å². The third-order valence-electron chi connectivity index (χ3n) is 6.13. The first-order chi connectivity index (χ1) is 13.5. The van der Waals surface area contributed by atoms with Crippen molar-refractivity contribution in [2.75, 3.05) is 26.2 Å². The molecule has 4 rings (SSSR count). The Hall–Kier alpha value is -2.38. The highest BCUT2D eigenvalue weighted by molar-refractivity contribution is 5.76. The van der Waals surface area contributed by atoms with E-state index in [4.69, 9.17) is 9.72 Å². The molecule has 28 heavy (non-hydrogen) atoms. The summed E-state index contributed by atoms with van der Waals surface area (Å²) in [5, 5.41) is 2.82. The van der Waals surface area contributed by atoms with Gasteiger partial charge in [-0.3, -0.25) is 9.59 Å². The average molecular weight is 388 g/mol. The maximum atomic E-state index is 12.6. The number of likely N-dealkylation sites (tertiary alicyclic amines) is 1. The van der Waals surface area contributed by atoms with Crippen LogP contribution in [-0.2, 0) is 21.4 Å². The molecule has 152 valence electrons. The van der Waals surface area contributed by atoms with Crippen LogP contribution in [0.15, 0.2) is 4.79 Å². The van der Waals surface area contributed by atoms with E-state index in [-0.39, 0.29) is 35.9 Å². The van der Waals surface area contributed by atoms with Gasteiger partial charge in [-0.05, 0) is 45.4 Å². The zero-order valence-electron chi connectivity index (χ0n) is 16.4. The molecule has 8 nitrogen and oxygen atoms in total. The van der Waals surface area contributed by atoms with Crippen molar-refractivity contribution >= 4 is 12.0 Å². The third kappa shape index (κ3) is 3.64. The Morgan fingerprint density at radius 3 is 2.93 bits per heavy atom. The summed E-state index contributed by atoms with van der Waals surface area (Å²) in [6.07, 6.45) is 5.77. The van der Waals surface area contributed by atoms with Crippen molar-refractivity contribution in [1.82, 2.24) is 20.2 Å². The quantitative estimate of drug-likeness (QED) is 0.746. The summed E-state index contributed by atoms with van der Waals surface area (Å²) < 4.78 is 4.89. The Morgan fingerprint density at radius 2 is 2.18 bits per heavy atom. The zero-order valence-corrected chi connectivity index (χ0v) is 16.4. The molecule has 1 saturated carbocycles. The number of fused-ring (bicyclic) bond motifs is 2. The monoisotopic (exact) mass is 388 g/mol. The van der Waals surface area contributed by atoms with E-state index in [2.05, 4.69) is 10.3 Å². The van der Waals surface area contributed by atoms with Crippen LogP contribution < -0.4 is 10.9 Å². The summed E-state index contributed by atoms with van der Waals surface area (Å²) in [5.74, 6) is 0.904. The van der Waals surface area contributed by atoms with Crippen LogP contribution >= 0.6 is 0 Å². The number of piperidine rings is 1. The molecule has 1 aromatic rings. The van der Waals surface area contributed by atoms with Crippen LogP contribution in [0.5, 0.6) is 0 Å². The van der Waals surface area contributed by atoms with Crippen LogP contribution in [0.3, 0.4) is 0 Å². The number of rotatable bonds is 5. The number of nitrogens with zero attached hydrogens (tertiary/aromatic N) is 2. The largest absolute Gasteiger partial charge is 0.466 e. The molecule has 0 radical (unpaired) electrons. The minimum absolute atomic E-state index is 0.000198. The molecule has 2 amide bonds. The molecule has 1 aliphatic heterocycles. The summed E-state index contributed by atoms with van der Waals surface area (Å²) in [6.45, 7) is 3.63. The highest BCUT2D eigenvalue weighted by atomic mass is 16.5. The average Bonchev–Trinajstić information content (AvgIpc) is 3.47. The van der Waals surface area contributed by atoms with Crippen molar-refractivity contribution in [3.63, 3.8) is 0 Å². The normalized spacial score (nSPS) is 23.5. The number of H-pyrrole nitrogens is 1. The van der Waals surface area contributed by atoms with Gasteiger partial charge in [-0.25, -0.2) is 9.78 Å². The lowest BCUT2D eigenvalue weighted by atomic mass is 9.77. The molecule has 1 unspecified atom stereocenters. The molecule has 2 fully saturated rings. The van der Waals surface area contributed by atoms with E-state index in [1.165, 1.54) is 0 Å². The van der Waals surface area contributed by atoms with Gasteiger partial charge in [-0.15, -0.1) is 0 Å². The number of esters is 1. The van der Waals surface area contributed by atoms with Gasteiger partial charge in [-0.2, -0.15) is 0 Å². The van der Waals surface area contributed by atoms with Gasteiger partial charge in [0.05, 0.1) is 18.7 Å². The van der Waals surface area contributed by atoms with Gasteiger partial charge in [0.25, 0.3) is 5.56 Å². The van der Waals surface area contributed by atoms with Crippen molar-refractivity contribution in [3.8, 4) is 0 Å². The number of ether oxygens (including phenoxy) is 1. The lowest BCUT2D eigenvalue weighted by Crippen LogP contribution is -2.51. The molecule has 2 N–H and O–H groups in total. The summed E-state index contributed by atoms with van der Waals surface area (Å²) in [6, 6.07) is -0.163. The van der Waals surface area contributed by atoms with Crippen molar-refractivity contribution in [2.45, 2.75) is 63.2 Å². The van der Waals surface area contributed by atoms with E-state index < -0.39 is 0 Å². The zero-order chi connectivity index (χ0) is 19.7. The fourth-order valence-electron chi connectivity index (χ4n) is 4.54. The summed E-state index contributed by atoms with van der Waals surface area (Å²) in [4.78, 5) is 46.2. The number of carbonyl (C=O) groups excluding carboxylic acids is 2. The molecule has 0 bridgehead atoms. The Balaban J connectivity index is 1.45. The number of urea groups is 1. The predicted molar refractivity (Wildman–Crippen MR) is 102 cm³/mol. The maximum Gasteiger partial charge on any atom is 0.317 e. The molecule has 2 heterocycles. The molecule has 3 aliphatic rings. The molecule has 1 saturated heterocycles. The first-order valence-corrected chi connectivity index (χ1v) is 10.3. The fraction of sp³-hybridized carbons (Fsp3) is 0.700. The summed E-state index contributed by atoms with van der Waals surface area (Å²) in [7, 11) is 0. The molecule has 0 aromatic carbocycles. The number of hydrogen-bond acceptors (Lipinski definition) is 5. The highest BCUT2D eigenvalue weighted by Crippen LogP contribution is 2.44. The Morgan fingerprint density at radius 1 is 1.36 bits per heavy atom. The number of carbonyl (C=O) groups is 2. The van der Waals surface area contributed by atoms with Crippen LogP contribution in [0, 0.1) is 0 Å². The number of amides is 2. The standard InChI is InChI=1S/C20H28N4O4/c1-2-28-15(25)7-10-21-19(27)24-11-3-8-20(12-24)9-6-14-16(20)22-17(13-4-5-13)23-18(14)26/h13H,2-12H2,1H3,(H,21,27)(H,22,23,26). The second kappa shape index (κ2) is 7.56. The third-order valence-corrected chi connectivity index (χ3v) is 6.13. The van der Waals surface area contributed by atoms with E-state index in [1.807, 2.05) is 4.90 Å². The molecular weight excluding hydrogens is 360 g/mol. The SMILES string of the molecule is CCOC(=O)CCNC(=O)N1CCCC2(CCc3c2nc(C2CC2)[nH]c3=O)C1. The van der Waals surface area contributed by atoms with Crippen molar-refractivity contribution in [3.05, 3.63) is 27.4 Å². The molecule has 1 atom stereocenters. The van der Waals surface area contributed by atoms with Gasteiger partial charge >= 0.3 is 12.0 Å². The van der Waals surface area contributed by atoms with Gasteiger partial charge < -0.3 is 19.9 Å². The molecule has 1 spiro atoms. The lowest BCUT2D eigenvalue weighted by Gasteiger charge is -2.40. The van der Waals surface area contributed by atoms with Crippen LogP contribution in [0.2, 0.25) is 0 Å². The smallest absolute Gasteiger partial charge is 0.317 e. The van der Waals surface area contributed by atoms with Crippen LogP contribution in [0.4, 0.5) is 4.79 Å². The minimum atomic E-state index is -0.307. The molecule has 8 heteroatoms. The number of aromatic amines is 1. The molecule has 2 aliphatic carbocycles.